The van der Waals surface area contributed by atoms with Crippen LogP contribution in [0.4, 0.5) is 18.0 Å². The highest BCUT2D eigenvalue weighted by Gasteiger charge is 2.48. The number of hydrogen-bond donors (Lipinski definition) is 3. The van der Waals surface area contributed by atoms with Gasteiger partial charge in [0.05, 0.1) is 40.1 Å². The fourth-order valence-corrected chi connectivity index (χ4v) is 5.69. The van der Waals surface area contributed by atoms with Crippen LogP contribution < -0.4 is 5.32 Å². The number of carbonyl (C=O) groups is 1. The normalized spacial score (nSPS) is 22.3. The maximum atomic E-state index is 14.1. The fraction of sp³-hybridized carbons (Fsp3) is 0.333. The van der Waals surface area contributed by atoms with E-state index in [0.29, 0.717) is 36.1 Å². The fourth-order valence-electron chi connectivity index (χ4n) is 5.69. The molecular weight excluding hydrogens is 461 g/mol. The van der Waals surface area contributed by atoms with Gasteiger partial charge in [0.25, 0.3) is 0 Å². The zero-order valence-electron chi connectivity index (χ0n) is 18.6. The molecule has 2 saturated heterocycles. The number of amides is 1. The van der Waals surface area contributed by atoms with E-state index in [-0.39, 0.29) is 34.9 Å². The predicted molar refractivity (Wildman–Crippen MR) is 122 cm³/mol. The largest absolute Gasteiger partial charge is 0.465 e. The minimum Gasteiger partial charge on any atom is -0.465 e. The molecule has 35 heavy (non-hydrogen) atoms. The summed E-state index contributed by atoms with van der Waals surface area (Å²) in [5, 5.41) is 21.0. The van der Waals surface area contributed by atoms with Crippen LogP contribution in [-0.2, 0) is 6.18 Å². The molecule has 2 aromatic carbocycles. The van der Waals surface area contributed by atoms with Gasteiger partial charge in [0.15, 0.2) is 5.82 Å². The molecule has 1 amide bonds. The number of aromatic nitrogens is 4. The van der Waals surface area contributed by atoms with Crippen molar-refractivity contribution in [2.45, 2.75) is 37.5 Å². The Morgan fingerprint density at radius 1 is 1.17 bits per heavy atom. The zero-order chi connectivity index (χ0) is 24.5. The third kappa shape index (κ3) is 3.33. The van der Waals surface area contributed by atoms with Crippen molar-refractivity contribution in [2.75, 3.05) is 13.1 Å². The number of rotatable bonds is 2. The molecule has 0 radical (unpaired) electrons. The number of halogens is 3. The first kappa shape index (κ1) is 21.8. The minimum absolute atomic E-state index is 0.0587. The van der Waals surface area contributed by atoms with E-state index in [4.69, 9.17) is 4.98 Å². The number of H-pyrrole nitrogens is 1. The number of fused-ring (bicyclic) bond motifs is 4. The van der Waals surface area contributed by atoms with E-state index in [1.165, 1.54) is 17.2 Å². The molecule has 2 fully saturated rings. The monoisotopic (exact) mass is 482 g/mol. The molecule has 180 valence electrons. The van der Waals surface area contributed by atoms with Crippen molar-refractivity contribution in [1.29, 1.82) is 0 Å². The molecule has 3 unspecified atom stereocenters. The number of carboxylic acid groups (broad SMARTS) is 1. The lowest BCUT2D eigenvalue weighted by molar-refractivity contribution is -0.137. The van der Waals surface area contributed by atoms with E-state index >= 15 is 0 Å². The second kappa shape index (κ2) is 7.64. The van der Waals surface area contributed by atoms with E-state index in [1.54, 1.807) is 12.1 Å². The third-order valence-electron chi connectivity index (χ3n) is 7.15. The van der Waals surface area contributed by atoms with Crippen molar-refractivity contribution in [3.63, 3.8) is 0 Å². The second-order valence-electron chi connectivity index (χ2n) is 9.13. The van der Waals surface area contributed by atoms with Crippen molar-refractivity contribution < 1.29 is 23.1 Å². The van der Waals surface area contributed by atoms with Gasteiger partial charge < -0.3 is 10.4 Å². The van der Waals surface area contributed by atoms with Gasteiger partial charge in [0, 0.05) is 35.8 Å². The van der Waals surface area contributed by atoms with E-state index < -0.39 is 17.8 Å². The van der Waals surface area contributed by atoms with Gasteiger partial charge in [0.1, 0.15) is 0 Å². The van der Waals surface area contributed by atoms with Crippen LogP contribution in [0.2, 0.25) is 0 Å². The molecule has 0 spiro atoms. The van der Waals surface area contributed by atoms with Crippen molar-refractivity contribution in [3.05, 3.63) is 53.3 Å². The number of piperazine rings is 1. The molecule has 2 aliphatic rings. The molecular formula is C24H21F3N6O2. The average molecular weight is 482 g/mol. The number of nitrogens with zero attached hydrogens (tertiary/aromatic N) is 4. The molecule has 4 aromatic rings. The maximum Gasteiger partial charge on any atom is 0.417 e. The molecule has 11 heteroatoms. The van der Waals surface area contributed by atoms with Crippen LogP contribution in [0.15, 0.2) is 36.5 Å². The Kier molecular flexibility index (Phi) is 4.75. The van der Waals surface area contributed by atoms with Crippen LogP contribution in [0.3, 0.4) is 0 Å². The minimum atomic E-state index is -4.63. The molecule has 8 nitrogen and oxygen atoms in total. The second-order valence-corrected chi connectivity index (χ2v) is 9.13. The van der Waals surface area contributed by atoms with Crippen molar-refractivity contribution in [2.24, 2.45) is 0 Å². The van der Waals surface area contributed by atoms with Crippen LogP contribution in [0.5, 0.6) is 0 Å². The number of alkyl halides is 3. The van der Waals surface area contributed by atoms with Gasteiger partial charge in [-0.05, 0) is 31.0 Å². The van der Waals surface area contributed by atoms with Gasteiger partial charge in [-0.1, -0.05) is 18.2 Å². The molecule has 6 rings (SSSR count). The Morgan fingerprint density at radius 2 is 2.00 bits per heavy atom. The third-order valence-corrected chi connectivity index (χ3v) is 7.15. The lowest BCUT2D eigenvalue weighted by atomic mass is 9.91. The molecule has 3 atom stereocenters. The first-order valence-electron chi connectivity index (χ1n) is 11.3. The number of hydrogen-bond acceptors (Lipinski definition) is 5. The van der Waals surface area contributed by atoms with E-state index in [1.807, 2.05) is 13.0 Å². The lowest BCUT2D eigenvalue weighted by Crippen LogP contribution is -2.54. The summed E-state index contributed by atoms with van der Waals surface area (Å²) >= 11 is 0. The Morgan fingerprint density at radius 3 is 2.74 bits per heavy atom. The number of nitrogens with one attached hydrogen (secondary N) is 2. The molecule has 3 N–H and O–H groups in total. The summed E-state index contributed by atoms with van der Waals surface area (Å²) in [5.41, 5.74) is 1.17. The quantitative estimate of drug-likeness (QED) is 0.393. The number of aromatic amines is 1. The van der Waals surface area contributed by atoms with Gasteiger partial charge in [-0.25, -0.2) is 14.8 Å². The molecule has 0 saturated carbocycles. The summed E-state index contributed by atoms with van der Waals surface area (Å²) < 4.78 is 42.3. The van der Waals surface area contributed by atoms with Crippen molar-refractivity contribution in [1.82, 2.24) is 30.4 Å². The molecule has 2 bridgehead atoms. The standard InChI is InChI=1S/C24H21F3N6O2/c1-11-3-2-4-16-18(11)21(14-7-13-9-28-10-17(14)33(13)23(34)35)31-22(30-16)19-15(24(25,26)27)6-5-12-8-29-32-20(12)19/h2-6,8,13-14,17,28H,7,9-10H2,1H3,(H,29,32)(H,34,35). The topological polar surface area (TPSA) is 107 Å². The Labute approximate surface area is 197 Å². The first-order chi connectivity index (χ1) is 16.7. The highest BCUT2D eigenvalue weighted by molar-refractivity contribution is 5.95. The van der Waals surface area contributed by atoms with Crippen molar-refractivity contribution in [3.8, 4) is 11.4 Å². The molecule has 2 aliphatic heterocycles. The van der Waals surface area contributed by atoms with Crippen molar-refractivity contribution >= 4 is 27.9 Å². The van der Waals surface area contributed by atoms with E-state index in [0.717, 1.165) is 17.0 Å². The predicted octanol–water partition coefficient (Wildman–Crippen LogP) is 4.31. The maximum absolute atomic E-state index is 14.1. The lowest BCUT2D eigenvalue weighted by Gasteiger charge is -2.34. The summed E-state index contributed by atoms with van der Waals surface area (Å²) in [7, 11) is 0. The van der Waals surface area contributed by atoms with Crippen LogP contribution >= 0.6 is 0 Å². The summed E-state index contributed by atoms with van der Waals surface area (Å²) in [6, 6.07) is 7.25. The highest BCUT2D eigenvalue weighted by Crippen LogP contribution is 2.44. The number of aryl methyl sites for hydroxylation is 1. The summed E-state index contributed by atoms with van der Waals surface area (Å²) in [4.78, 5) is 22.8. The van der Waals surface area contributed by atoms with Gasteiger partial charge in [0.2, 0.25) is 0 Å². The Balaban J connectivity index is 1.64. The Hall–Kier alpha value is -3.73. The van der Waals surface area contributed by atoms with Gasteiger partial charge in [-0.15, -0.1) is 0 Å². The van der Waals surface area contributed by atoms with Gasteiger partial charge >= 0.3 is 12.3 Å². The smallest absolute Gasteiger partial charge is 0.417 e. The number of benzene rings is 2. The van der Waals surface area contributed by atoms with E-state index in [2.05, 4.69) is 20.5 Å². The van der Waals surface area contributed by atoms with Crippen LogP contribution in [0, 0.1) is 6.92 Å². The van der Waals surface area contributed by atoms with Crippen LogP contribution in [0.1, 0.15) is 29.2 Å². The summed E-state index contributed by atoms with van der Waals surface area (Å²) in [6.45, 7) is 2.88. The SMILES string of the molecule is Cc1cccc2nc(-c3c(C(F)(F)F)ccc4cn[nH]c34)nc(C3CC4CNCC3N4C(=O)O)c12. The summed E-state index contributed by atoms with van der Waals surface area (Å²) in [5.74, 6) is -0.344. The van der Waals surface area contributed by atoms with E-state index in [9.17, 15) is 23.1 Å². The van der Waals surface area contributed by atoms with Crippen LogP contribution in [0.25, 0.3) is 33.2 Å². The molecule has 0 aliphatic carbocycles. The molecule has 2 aromatic heterocycles. The highest BCUT2D eigenvalue weighted by atomic mass is 19.4. The van der Waals surface area contributed by atoms with Crippen LogP contribution in [-0.4, -0.2) is 61.4 Å². The van der Waals surface area contributed by atoms with Gasteiger partial charge in [-0.2, -0.15) is 18.3 Å². The first-order valence-corrected chi connectivity index (χ1v) is 11.3. The van der Waals surface area contributed by atoms with Gasteiger partial charge in [-0.3, -0.25) is 10.00 Å². The molecule has 4 heterocycles. The Bertz CT molecular complexity index is 1480. The summed E-state index contributed by atoms with van der Waals surface area (Å²) in [6.07, 6.45) is -3.64. The average Bonchev–Trinajstić information content (AvgIpc) is 3.37. The zero-order valence-corrected chi connectivity index (χ0v) is 18.6.